The zero-order valence-corrected chi connectivity index (χ0v) is 15.4. The molecule has 1 amide bonds. The van der Waals surface area contributed by atoms with Crippen LogP contribution >= 0.6 is 11.8 Å². The van der Waals surface area contributed by atoms with E-state index >= 15 is 0 Å². The molecule has 1 N–H and O–H groups in total. The first kappa shape index (κ1) is 16.8. The Morgan fingerprint density at radius 1 is 1.15 bits per heavy atom. The van der Waals surface area contributed by atoms with Crippen molar-refractivity contribution >= 4 is 40.0 Å². The van der Waals surface area contributed by atoms with Crippen molar-refractivity contribution in [2.75, 3.05) is 11.1 Å². The van der Waals surface area contributed by atoms with Gasteiger partial charge in [0.15, 0.2) is 5.78 Å². The van der Waals surface area contributed by atoms with Crippen LogP contribution in [0.15, 0.2) is 47.5 Å². The van der Waals surface area contributed by atoms with Gasteiger partial charge in [0.2, 0.25) is 5.91 Å². The molecule has 0 saturated heterocycles. The molecular formula is C21H18N2O2S. The lowest BCUT2D eigenvalue weighted by molar-refractivity contribution is -0.115. The number of nitrogens with zero attached hydrogens (tertiary/aromatic N) is 1. The molecule has 1 aliphatic rings. The first-order valence-corrected chi connectivity index (χ1v) is 9.45. The van der Waals surface area contributed by atoms with Crippen molar-refractivity contribution in [1.29, 1.82) is 0 Å². The van der Waals surface area contributed by atoms with E-state index in [1.54, 1.807) is 12.1 Å². The van der Waals surface area contributed by atoms with Crippen LogP contribution in [0.2, 0.25) is 0 Å². The molecule has 26 heavy (non-hydrogen) atoms. The summed E-state index contributed by atoms with van der Waals surface area (Å²) in [6.45, 7) is 4.12. The SMILES string of the molecule is Cc1cc(SCC(=O)c2ccc3c(c2)CC(=O)N3)nc2c(C)cccc12. The Morgan fingerprint density at radius 2 is 2.00 bits per heavy atom. The molecule has 2 heterocycles. The number of aromatic nitrogens is 1. The number of carbonyl (C=O) groups is 2. The van der Waals surface area contributed by atoms with Crippen molar-refractivity contribution in [3.63, 3.8) is 0 Å². The maximum absolute atomic E-state index is 12.6. The van der Waals surface area contributed by atoms with Crippen LogP contribution in [-0.2, 0) is 11.2 Å². The summed E-state index contributed by atoms with van der Waals surface area (Å²) in [5.41, 5.74) is 5.62. The predicted octanol–water partition coefficient (Wildman–Crippen LogP) is 4.32. The third kappa shape index (κ3) is 3.10. The number of amides is 1. The molecule has 130 valence electrons. The van der Waals surface area contributed by atoms with Gasteiger partial charge in [0.25, 0.3) is 0 Å². The van der Waals surface area contributed by atoms with Crippen molar-refractivity contribution in [3.05, 3.63) is 64.7 Å². The Bertz CT molecular complexity index is 1060. The molecule has 5 heteroatoms. The summed E-state index contributed by atoms with van der Waals surface area (Å²) < 4.78 is 0. The van der Waals surface area contributed by atoms with E-state index < -0.39 is 0 Å². The quantitative estimate of drug-likeness (QED) is 0.555. The number of hydrogen-bond acceptors (Lipinski definition) is 4. The molecule has 0 spiro atoms. The van der Waals surface area contributed by atoms with Gasteiger partial charge in [-0.1, -0.05) is 30.0 Å². The van der Waals surface area contributed by atoms with Crippen LogP contribution < -0.4 is 5.32 Å². The zero-order chi connectivity index (χ0) is 18.3. The fourth-order valence-electron chi connectivity index (χ4n) is 3.23. The lowest BCUT2D eigenvalue weighted by Crippen LogP contribution is -2.03. The summed E-state index contributed by atoms with van der Waals surface area (Å²) in [6.07, 6.45) is 0.342. The Morgan fingerprint density at radius 3 is 2.85 bits per heavy atom. The molecule has 0 saturated carbocycles. The van der Waals surface area contributed by atoms with Gasteiger partial charge in [-0.3, -0.25) is 9.59 Å². The van der Waals surface area contributed by atoms with E-state index in [9.17, 15) is 9.59 Å². The molecule has 0 radical (unpaired) electrons. The first-order chi connectivity index (χ1) is 12.5. The number of Topliss-reactive ketones (excluding diaryl/α,β-unsaturated/α-hetero) is 1. The highest BCUT2D eigenvalue weighted by molar-refractivity contribution is 7.99. The number of anilines is 1. The van der Waals surface area contributed by atoms with E-state index in [1.807, 2.05) is 31.2 Å². The van der Waals surface area contributed by atoms with E-state index in [4.69, 9.17) is 4.98 Å². The molecule has 1 aromatic heterocycles. The van der Waals surface area contributed by atoms with Gasteiger partial charge < -0.3 is 5.32 Å². The average Bonchev–Trinajstić information content (AvgIpc) is 2.99. The van der Waals surface area contributed by atoms with Crippen LogP contribution in [0, 0.1) is 13.8 Å². The van der Waals surface area contributed by atoms with Crippen LogP contribution in [-0.4, -0.2) is 22.4 Å². The number of ketones is 1. The van der Waals surface area contributed by atoms with E-state index in [0.717, 1.165) is 38.3 Å². The Balaban J connectivity index is 1.53. The topological polar surface area (TPSA) is 59.1 Å². The highest BCUT2D eigenvalue weighted by Gasteiger charge is 2.19. The number of thioether (sulfide) groups is 1. The minimum atomic E-state index is -0.0230. The molecule has 0 aliphatic carbocycles. The van der Waals surface area contributed by atoms with Gasteiger partial charge in [-0.15, -0.1) is 0 Å². The summed E-state index contributed by atoms with van der Waals surface area (Å²) in [6, 6.07) is 13.6. The second-order valence-electron chi connectivity index (χ2n) is 6.56. The molecule has 4 nitrogen and oxygen atoms in total. The summed E-state index contributed by atoms with van der Waals surface area (Å²) in [4.78, 5) is 28.7. The second kappa shape index (κ2) is 6.57. The number of hydrogen-bond donors (Lipinski definition) is 1. The minimum absolute atomic E-state index is 0.0230. The van der Waals surface area contributed by atoms with Crippen LogP contribution in [0.3, 0.4) is 0 Å². The Kier molecular flexibility index (Phi) is 4.24. The van der Waals surface area contributed by atoms with Crippen molar-refractivity contribution in [2.45, 2.75) is 25.3 Å². The lowest BCUT2D eigenvalue weighted by Gasteiger charge is -2.08. The van der Waals surface area contributed by atoms with Gasteiger partial charge >= 0.3 is 0 Å². The normalized spacial score (nSPS) is 12.9. The number of para-hydroxylation sites is 1. The number of nitrogens with one attached hydrogen (secondary N) is 1. The zero-order valence-electron chi connectivity index (χ0n) is 14.6. The van der Waals surface area contributed by atoms with Gasteiger partial charge in [0, 0.05) is 16.6 Å². The minimum Gasteiger partial charge on any atom is -0.326 e. The van der Waals surface area contributed by atoms with Gasteiger partial charge in [-0.2, -0.15) is 0 Å². The third-order valence-electron chi connectivity index (χ3n) is 4.63. The van der Waals surface area contributed by atoms with Crippen molar-refractivity contribution < 1.29 is 9.59 Å². The maximum atomic E-state index is 12.6. The van der Waals surface area contributed by atoms with Crippen molar-refractivity contribution in [1.82, 2.24) is 4.98 Å². The number of rotatable bonds is 4. The van der Waals surface area contributed by atoms with Gasteiger partial charge in [-0.05, 0) is 54.8 Å². The van der Waals surface area contributed by atoms with Gasteiger partial charge in [0.05, 0.1) is 22.7 Å². The molecule has 0 fully saturated rings. The fraction of sp³-hybridized carbons (Fsp3) is 0.190. The molecule has 4 rings (SSSR count). The number of benzene rings is 2. The van der Waals surface area contributed by atoms with Crippen molar-refractivity contribution in [3.8, 4) is 0 Å². The van der Waals surface area contributed by atoms with E-state index in [2.05, 4.69) is 18.3 Å². The maximum Gasteiger partial charge on any atom is 0.228 e. The lowest BCUT2D eigenvalue weighted by atomic mass is 10.1. The smallest absolute Gasteiger partial charge is 0.228 e. The number of pyridine rings is 1. The Labute approximate surface area is 156 Å². The largest absolute Gasteiger partial charge is 0.326 e. The molecule has 1 aliphatic heterocycles. The molecule has 0 bridgehead atoms. The van der Waals surface area contributed by atoms with Gasteiger partial charge in [-0.25, -0.2) is 4.98 Å². The number of carbonyl (C=O) groups excluding carboxylic acids is 2. The van der Waals surface area contributed by atoms with Gasteiger partial charge in [0.1, 0.15) is 0 Å². The number of aryl methyl sites for hydroxylation is 2. The average molecular weight is 362 g/mol. The van der Waals surface area contributed by atoms with E-state index in [-0.39, 0.29) is 11.7 Å². The van der Waals surface area contributed by atoms with Crippen molar-refractivity contribution in [2.24, 2.45) is 0 Å². The molecular weight excluding hydrogens is 344 g/mol. The first-order valence-electron chi connectivity index (χ1n) is 8.47. The molecule has 3 aromatic rings. The standard InChI is InChI=1S/C21H18N2O2S/c1-12-4-3-5-16-13(2)8-20(23-21(12)16)26-11-18(24)14-6-7-17-15(9-14)10-19(25)22-17/h3-9H,10-11H2,1-2H3,(H,22,25). The molecule has 0 unspecified atom stereocenters. The summed E-state index contributed by atoms with van der Waals surface area (Å²) in [5.74, 6) is 0.343. The fourth-order valence-corrected chi connectivity index (χ4v) is 4.09. The van der Waals surface area contributed by atoms with Crippen LogP contribution in [0.1, 0.15) is 27.0 Å². The van der Waals surface area contributed by atoms with Crippen LogP contribution in [0.5, 0.6) is 0 Å². The Hall–Kier alpha value is -2.66. The highest BCUT2D eigenvalue weighted by Crippen LogP contribution is 2.27. The van der Waals surface area contributed by atoms with Crippen LogP contribution in [0.4, 0.5) is 5.69 Å². The highest BCUT2D eigenvalue weighted by atomic mass is 32.2. The van der Waals surface area contributed by atoms with Crippen LogP contribution in [0.25, 0.3) is 10.9 Å². The molecule has 0 atom stereocenters. The van der Waals surface area contributed by atoms with E-state index in [1.165, 1.54) is 11.8 Å². The summed E-state index contributed by atoms with van der Waals surface area (Å²) >= 11 is 1.45. The summed E-state index contributed by atoms with van der Waals surface area (Å²) in [5, 5.41) is 4.79. The summed E-state index contributed by atoms with van der Waals surface area (Å²) in [7, 11) is 0. The molecule has 2 aromatic carbocycles. The monoisotopic (exact) mass is 362 g/mol. The third-order valence-corrected chi connectivity index (χ3v) is 5.54. The predicted molar refractivity (Wildman–Crippen MR) is 105 cm³/mol. The van der Waals surface area contributed by atoms with E-state index in [0.29, 0.717) is 17.7 Å². The second-order valence-corrected chi connectivity index (χ2v) is 7.55. The number of fused-ring (bicyclic) bond motifs is 2.